The van der Waals surface area contributed by atoms with Gasteiger partial charge in [0.1, 0.15) is 0 Å². The zero-order valence-corrected chi connectivity index (χ0v) is 18.6. The Balaban J connectivity index is 1.58. The number of hydrogen-bond donors (Lipinski definition) is 1. The monoisotopic (exact) mass is 424 g/mol. The van der Waals surface area contributed by atoms with Crippen LogP contribution >= 0.6 is 11.8 Å². The number of hydrogen-bond acceptors (Lipinski definition) is 6. The van der Waals surface area contributed by atoms with E-state index in [0.717, 1.165) is 49.1 Å². The average Bonchev–Trinajstić information content (AvgIpc) is 3.18. The minimum absolute atomic E-state index is 0.0325. The summed E-state index contributed by atoms with van der Waals surface area (Å²) in [5.74, 6) is 0.854. The second kappa shape index (κ2) is 7.85. The van der Waals surface area contributed by atoms with Gasteiger partial charge in [-0.2, -0.15) is 10.1 Å². The van der Waals surface area contributed by atoms with Gasteiger partial charge in [0.25, 0.3) is 0 Å². The Morgan fingerprint density at radius 1 is 1.20 bits per heavy atom. The molecule has 1 N–H and O–H groups in total. The molecule has 30 heavy (non-hydrogen) atoms. The van der Waals surface area contributed by atoms with Crippen molar-refractivity contribution in [1.82, 2.24) is 19.7 Å². The van der Waals surface area contributed by atoms with Crippen LogP contribution in [0.1, 0.15) is 60.7 Å². The maximum atomic E-state index is 10.4. The lowest BCUT2D eigenvalue weighted by molar-refractivity contribution is -0.0366. The third-order valence-electron chi connectivity index (χ3n) is 6.70. The van der Waals surface area contributed by atoms with Crippen molar-refractivity contribution in [1.29, 1.82) is 0 Å². The van der Waals surface area contributed by atoms with E-state index < -0.39 is 0 Å². The summed E-state index contributed by atoms with van der Waals surface area (Å²) in [5.41, 5.74) is 5.68. The van der Waals surface area contributed by atoms with E-state index in [1.807, 2.05) is 12.5 Å². The van der Waals surface area contributed by atoms with Gasteiger partial charge in [-0.15, -0.1) is 0 Å². The predicted octanol–water partition coefficient (Wildman–Crippen LogP) is 4.78. The van der Waals surface area contributed by atoms with Crippen LogP contribution in [0.4, 0.5) is 0 Å². The highest BCUT2D eigenvalue weighted by Crippen LogP contribution is 2.43. The third kappa shape index (κ3) is 3.28. The molecule has 7 heteroatoms. The summed E-state index contributed by atoms with van der Waals surface area (Å²) >= 11 is 1.47. The van der Waals surface area contributed by atoms with Crippen molar-refractivity contribution in [3.05, 3.63) is 40.7 Å². The Hall–Kier alpha value is -2.12. The van der Waals surface area contributed by atoms with Crippen molar-refractivity contribution in [3.63, 3.8) is 0 Å². The lowest BCUT2D eigenvalue weighted by Gasteiger charge is -2.32. The molecule has 1 aliphatic heterocycles. The first-order chi connectivity index (χ1) is 14.6. The molecule has 158 valence electrons. The summed E-state index contributed by atoms with van der Waals surface area (Å²) < 4.78 is 8.07. The van der Waals surface area contributed by atoms with Crippen LogP contribution in [0.3, 0.4) is 0 Å². The fourth-order valence-corrected chi connectivity index (χ4v) is 5.49. The molecule has 3 aromatic rings. The molecule has 3 atom stereocenters. The quantitative estimate of drug-likeness (QED) is 0.482. The molecule has 1 aromatic carbocycles. The van der Waals surface area contributed by atoms with E-state index >= 15 is 0 Å². The minimum Gasteiger partial charge on any atom is -0.493 e. The molecule has 3 heterocycles. The summed E-state index contributed by atoms with van der Waals surface area (Å²) in [5, 5.41) is 17.0. The SMILES string of the molecule is CSc1nc(O)c2c(n1)CC(c1c(C)ccc3c1cnn3C1CCCCO1)C(C)C2. The van der Waals surface area contributed by atoms with E-state index in [1.54, 1.807) is 0 Å². The molecule has 0 amide bonds. The number of aromatic hydroxyl groups is 1. The fraction of sp³-hybridized carbons (Fsp3) is 0.522. The third-order valence-corrected chi connectivity index (χ3v) is 7.25. The van der Waals surface area contributed by atoms with Crippen molar-refractivity contribution >= 4 is 22.7 Å². The average molecular weight is 425 g/mol. The van der Waals surface area contributed by atoms with Gasteiger partial charge < -0.3 is 9.84 Å². The van der Waals surface area contributed by atoms with E-state index in [0.29, 0.717) is 17.0 Å². The topological polar surface area (TPSA) is 73.1 Å². The second-order valence-electron chi connectivity index (χ2n) is 8.59. The molecule has 1 fully saturated rings. The first-order valence-corrected chi connectivity index (χ1v) is 12.0. The number of fused-ring (bicyclic) bond motifs is 2. The Bertz CT molecular complexity index is 1090. The smallest absolute Gasteiger partial charge is 0.218 e. The zero-order chi connectivity index (χ0) is 20.8. The molecule has 3 unspecified atom stereocenters. The van der Waals surface area contributed by atoms with Crippen molar-refractivity contribution in [2.75, 3.05) is 12.9 Å². The van der Waals surface area contributed by atoms with Crippen LogP contribution in [0, 0.1) is 12.8 Å². The van der Waals surface area contributed by atoms with Gasteiger partial charge >= 0.3 is 0 Å². The van der Waals surface area contributed by atoms with Gasteiger partial charge in [0.15, 0.2) is 11.4 Å². The number of thioether (sulfide) groups is 1. The molecule has 6 nitrogen and oxygen atoms in total. The van der Waals surface area contributed by atoms with Crippen LogP contribution in [0.5, 0.6) is 5.88 Å². The molecular weight excluding hydrogens is 396 g/mol. The highest BCUT2D eigenvalue weighted by molar-refractivity contribution is 7.98. The lowest BCUT2D eigenvalue weighted by atomic mass is 9.73. The molecule has 5 rings (SSSR count). The summed E-state index contributed by atoms with van der Waals surface area (Å²) in [4.78, 5) is 8.98. The standard InChI is InChI=1S/C23H28N4O2S/c1-13-7-8-19-17(12-24-27(19)20-6-4-5-9-29-20)21(13)15-11-18-16(10-14(15)2)22(28)26-23(25-18)30-3/h7-8,12,14-15,20H,4-6,9-11H2,1-3H3,(H,25,26,28). The van der Waals surface area contributed by atoms with Crippen LogP contribution in [0.2, 0.25) is 0 Å². The Kier molecular flexibility index (Phi) is 5.19. The van der Waals surface area contributed by atoms with Gasteiger partial charge in [0.05, 0.1) is 17.4 Å². The number of aryl methyl sites for hydroxylation is 1. The maximum Gasteiger partial charge on any atom is 0.218 e. The summed E-state index contributed by atoms with van der Waals surface area (Å²) in [7, 11) is 0. The highest BCUT2D eigenvalue weighted by Gasteiger charge is 2.33. The number of nitrogens with zero attached hydrogens (tertiary/aromatic N) is 4. The first kappa shape index (κ1) is 19.8. The van der Waals surface area contributed by atoms with Gasteiger partial charge in [-0.3, -0.25) is 0 Å². The van der Waals surface area contributed by atoms with Crippen molar-refractivity contribution < 1.29 is 9.84 Å². The largest absolute Gasteiger partial charge is 0.493 e. The molecule has 2 aliphatic rings. The van der Waals surface area contributed by atoms with Crippen LogP contribution in [0.15, 0.2) is 23.5 Å². The van der Waals surface area contributed by atoms with Crippen LogP contribution < -0.4 is 0 Å². The van der Waals surface area contributed by atoms with Gasteiger partial charge in [0, 0.05) is 17.6 Å². The van der Waals surface area contributed by atoms with Crippen LogP contribution in [0.25, 0.3) is 10.9 Å². The Morgan fingerprint density at radius 2 is 2.07 bits per heavy atom. The van der Waals surface area contributed by atoms with E-state index in [4.69, 9.17) is 14.8 Å². The molecule has 2 aromatic heterocycles. The molecule has 1 saturated heterocycles. The summed E-state index contributed by atoms with van der Waals surface area (Å²) in [6.07, 6.45) is 8.92. The number of benzene rings is 1. The van der Waals surface area contributed by atoms with E-state index in [1.165, 1.54) is 34.7 Å². The molecule has 1 aliphatic carbocycles. The predicted molar refractivity (Wildman–Crippen MR) is 118 cm³/mol. The number of rotatable bonds is 3. The first-order valence-electron chi connectivity index (χ1n) is 10.8. The van der Waals surface area contributed by atoms with Gasteiger partial charge in [-0.1, -0.05) is 24.8 Å². The summed E-state index contributed by atoms with van der Waals surface area (Å²) in [6.45, 7) is 5.26. The van der Waals surface area contributed by atoms with E-state index in [9.17, 15) is 5.11 Å². The summed E-state index contributed by atoms with van der Waals surface area (Å²) in [6, 6.07) is 4.39. The second-order valence-corrected chi connectivity index (χ2v) is 9.36. The number of aromatic nitrogens is 4. The number of ether oxygens (including phenoxy) is 1. The molecule has 0 saturated carbocycles. The van der Waals surface area contributed by atoms with Crippen LogP contribution in [-0.2, 0) is 17.6 Å². The zero-order valence-electron chi connectivity index (χ0n) is 17.8. The van der Waals surface area contributed by atoms with Crippen molar-refractivity contribution in [2.24, 2.45) is 5.92 Å². The molecule has 0 spiro atoms. The van der Waals surface area contributed by atoms with Crippen LogP contribution in [-0.4, -0.2) is 37.7 Å². The molecule has 0 bridgehead atoms. The lowest BCUT2D eigenvalue weighted by Crippen LogP contribution is -2.24. The highest BCUT2D eigenvalue weighted by atomic mass is 32.2. The Morgan fingerprint density at radius 3 is 2.83 bits per heavy atom. The maximum absolute atomic E-state index is 10.4. The molecular formula is C23H28N4O2S. The van der Waals surface area contributed by atoms with Gasteiger partial charge in [0.2, 0.25) is 5.88 Å². The molecule has 0 radical (unpaired) electrons. The van der Waals surface area contributed by atoms with E-state index in [-0.39, 0.29) is 12.1 Å². The van der Waals surface area contributed by atoms with Crippen molar-refractivity contribution in [2.45, 2.75) is 63.3 Å². The van der Waals surface area contributed by atoms with E-state index in [2.05, 4.69) is 35.6 Å². The van der Waals surface area contributed by atoms with Crippen molar-refractivity contribution in [3.8, 4) is 5.88 Å². The minimum atomic E-state index is 0.0325. The Labute approximate surface area is 181 Å². The normalized spacial score (nSPS) is 24.2. The van der Waals surface area contributed by atoms with Gasteiger partial charge in [-0.25, -0.2) is 9.67 Å². The van der Waals surface area contributed by atoms with Gasteiger partial charge in [-0.05, 0) is 74.3 Å². The fourth-order valence-electron chi connectivity index (χ4n) is 5.11.